The summed E-state index contributed by atoms with van der Waals surface area (Å²) in [6, 6.07) is 16.1. The molecule has 0 aliphatic heterocycles. The molecule has 0 radical (unpaired) electrons. The fraction of sp³-hybridized carbons (Fsp3) is 0.263. The first-order chi connectivity index (χ1) is 12.3. The van der Waals surface area contributed by atoms with Crippen LogP contribution in [-0.2, 0) is 17.8 Å². The van der Waals surface area contributed by atoms with Crippen LogP contribution in [0.2, 0.25) is 0 Å². The number of aromatic nitrogens is 2. The Morgan fingerprint density at radius 3 is 2.64 bits per heavy atom. The first kappa shape index (κ1) is 17.0. The van der Waals surface area contributed by atoms with E-state index < -0.39 is 0 Å². The monoisotopic (exact) mass is 338 g/mol. The number of ether oxygens (including phenoxy) is 1. The van der Waals surface area contributed by atoms with E-state index in [1.54, 1.807) is 7.11 Å². The maximum atomic E-state index is 11.6. The summed E-state index contributed by atoms with van der Waals surface area (Å²) in [6.45, 7) is 2.27. The number of hydrogen-bond donors (Lipinski definition) is 2. The molecule has 0 bridgehead atoms. The number of fused-ring (bicyclic) bond motifs is 1. The summed E-state index contributed by atoms with van der Waals surface area (Å²) < 4.78 is 7.02. The van der Waals surface area contributed by atoms with Gasteiger partial charge >= 0.3 is 6.03 Å². The zero-order valence-corrected chi connectivity index (χ0v) is 14.2. The highest BCUT2D eigenvalue weighted by molar-refractivity contribution is 5.75. The van der Waals surface area contributed by atoms with E-state index in [0.717, 1.165) is 23.1 Å². The number of nitrogens with zero attached hydrogens (tertiary/aromatic N) is 2. The Morgan fingerprint density at radius 1 is 1.08 bits per heavy atom. The van der Waals surface area contributed by atoms with E-state index in [0.29, 0.717) is 19.7 Å². The van der Waals surface area contributed by atoms with Gasteiger partial charge < -0.3 is 19.9 Å². The molecule has 1 heterocycles. The lowest BCUT2D eigenvalue weighted by atomic mass is 10.1. The van der Waals surface area contributed by atoms with Crippen molar-refractivity contribution in [2.45, 2.75) is 13.1 Å². The molecule has 130 valence electrons. The van der Waals surface area contributed by atoms with Crippen LogP contribution in [0.3, 0.4) is 0 Å². The molecule has 0 spiro atoms. The minimum Gasteiger partial charge on any atom is -0.383 e. The molecule has 2 amide bonds. The molecule has 6 heteroatoms. The Balaban J connectivity index is 1.54. The number of amides is 2. The molecule has 0 atom stereocenters. The number of para-hydroxylation sites is 2. The van der Waals surface area contributed by atoms with Crippen molar-refractivity contribution in [1.82, 2.24) is 20.2 Å². The van der Waals surface area contributed by atoms with Crippen LogP contribution >= 0.6 is 0 Å². The molecule has 6 nitrogen and oxygen atoms in total. The number of carbonyl (C=O) groups excluding carboxylic acids is 1. The van der Waals surface area contributed by atoms with Crippen LogP contribution < -0.4 is 10.6 Å². The Hall–Kier alpha value is -2.86. The summed E-state index contributed by atoms with van der Waals surface area (Å²) in [4.78, 5) is 16.0. The lowest BCUT2D eigenvalue weighted by molar-refractivity contribution is 0.196. The molecular weight excluding hydrogens is 316 g/mol. The van der Waals surface area contributed by atoms with E-state index in [4.69, 9.17) is 4.74 Å². The van der Waals surface area contributed by atoms with Crippen molar-refractivity contribution < 1.29 is 9.53 Å². The third kappa shape index (κ3) is 4.58. The van der Waals surface area contributed by atoms with Crippen molar-refractivity contribution in [2.75, 3.05) is 20.3 Å². The van der Waals surface area contributed by atoms with Gasteiger partial charge in [-0.3, -0.25) is 0 Å². The van der Waals surface area contributed by atoms with Crippen LogP contribution in [0.5, 0.6) is 0 Å². The van der Waals surface area contributed by atoms with Gasteiger partial charge in [0, 0.05) is 26.7 Å². The number of rotatable bonds is 7. The summed E-state index contributed by atoms with van der Waals surface area (Å²) in [5, 5.41) is 5.55. The third-order valence-electron chi connectivity index (χ3n) is 3.95. The van der Waals surface area contributed by atoms with Crippen LogP contribution in [0, 0.1) is 0 Å². The molecule has 0 aliphatic rings. The minimum atomic E-state index is -0.189. The largest absolute Gasteiger partial charge is 0.383 e. The molecule has 0 saturated heterocycles. The summed E-state index contributed by atoms with van der Waals surface area (Å²) in [5.41, 5.74) is 4.38. The maximum Gasteiger partial charge on any atom is 0.315 e. The van der Waals surface area contributed by atoms with Crippen LogP contribution in [0.4, 0.5) is 4.79 Å². The third-order valence-corrected chi connectivity index (χ3v) is 3.95. The van der Waals surface area contributed by atoms with Gasteiger partial charge in [-0.25, -0.2) is 9.78 Å². The van der Waals surface area contributed by atoms with Gasteiger partial charge in [0.15, 0.2) is 0 Å². The Labute approximate surface area is 146 Å². The average molecular weight is 338 g/mol. The Morgan fingerprint density at radius 2 is 1.84 bits per heavy atom. The van der Waals surface area contributed by atoms with E-state index in [-0.39, 0.29) is 6.03 Å². The Bertz CT molecular complexity index is 827. The Kier molecular flexibility index (Phi) is 5.64. The summed E-state index contributed by atoms with van der Waals surface area (Å²) >= 11 is 0. The number of urea groups is 1. The second kappa shape index (κ2) is 8.30. The number of methoxy groups -OCH3 is 1. The summed E-state index contributed by atoms with van der Waals surface area (Å²) in [6.07, 6.45) is 1.87. The molecule has 1 aromatic heterocycles. The van der Waals surface area contributed by atoms with Gasteiger partial charge in [-0.05, 0) is 23.3 Å². The van der Waals surface area contributed by atoms with E-state index in [2.05, 4.69) is 38.4 Å². The van der Waals surface area contributed by atoms with Crippen molar-refractivity contribution in [1.29, 1.82) is 0 Å². The summed E-state index contributed by atoms with van der Waals surface area (Å²) in [7, 11) is 1.60. The van der Waals surface area contributed by atoms with E-state index >= 15 is 0 Å². The van der Waals surface area contributed by atoms with Gasteiger partial charge in [0.05, 0.1) is 24.0 Å². The van der Waals surface area contributed by atoms with E-state index in [1.165, 1.54) is 5.56 Å². The fourth-order valence-corrected chi connectivity index (χ4v) is 2.61. The fourth-order valence-electron chi connectivity index (χ4n) is 2.61. The second-order valence-electron chi connectivity index (χ2n) is 5.78. The summed E-state index contributed by atoms with van der Waals surface area (Å²) in [5.74, 6) is 0. The number of hydrogen-bond acceptors (Lipinski definition) is 3. The predicted octanol–water partition coefficient (Wildman–Crippen LogP) is 2.53. The molecule has 2 N–H and O–H groups in total. The van der Waals surface area contributed by atoms with Gasteiger partial charge in [-0.1, -0.05) is 36.4 Å². The van der Waals surface area contributed by atoms with Gasteiger partial charge in [0.1, 0.15) is 0 Å². The number of nitrogens with one attached hydrogen (secondary N) is 2. The molecule has 3 aromatic rings. The molecular formula is C19H22N4O2. The first-order valence-corrected chi connectivity index (χ1v) is 8.24. The lowest BCUT2D eigenvalue weighted by Crippen LogP contribution is -2.36. The zero-order chi connectivity index (χ0) is 17.5. The minimum absolute atomic E-state index is 0.189. The topological polar surface area (TPSA) is 68.2 Å². The van der Waals surface area contributed by atoms with Crippen molar-refractivity contribution >= 4 is 17.1 Å². The van der Waals surface area contributed by atoms with E-state index in [9.17, 15) is 4.79 Å². The number of benzene rings is 2. The zero-order valence-electron chi connectivity index (χ0n) is 14.2. The highest BCUT2D eigenvalue weighted by Gasteiger charge is 2.03. The molecule has 0 aliphatic carbocycles. The van der Waals surface area contributed by atoms with Crippen molar-refractivity contribution in [3.63, 3.8) is 0 Å². The number of imidazole rings is 1. The average Bonchev–Trinajstić information content (AvgIpc) is 3.04. The van der Waals surface area contributed by atoms with Crippen LogP contribution in [0.15, 0.2) is 54.9 Å². The van der Waals surface area contributed by atoms with Crippen molar-refractivity contribution in [3.8, 4) is 0 Å². The number of carbonyl (C=O) groups is 1. The van der Waals surface area contributed by atoms with Crippen LogP contribution in [0.25, 0.3) is 11.0 Å². The predicted molar refractivity (Wildman–Crippen MR) is 97.4 cm³/mol. The first-order valence-electron chi connectivity index (χ1n) is 8.24. The SMILES string of the molecule is COCCNC(=O)NCc1ccc(Cn2cnc3ccccc32)cc1. The van der Waals surface area contributed by atoms with Crippen molar-refractivity contribution in [3.05, 3.63) is 66.0 Å². The molecule has 2 aromatic carbocycles. The maximum absolute atomic E-state index is 11.6. The molecule has 0 unspecified atom stereocenters. The molecule has 0 fully saturated rings. The quantitative estimate of drug-likeness (QED) is 0.651. The van der Waals surface area contributed by atoms with Gasteiger partial charge in [-0.2, -0.15) is 0 Å². The van der Waals surface area contributed by atoms with Gasteiger partial charge in [0.2, 0.25) is 0 Å². The van der Waals surface area contributed by atoms with Crippen LogP contribution in [0.1, 0.15) is 11.1 Å². The van der Waals surface area contributed by atoms with Crippen molar-refractivity contribution in [2.24, 2.45) is 0 Å². The lowest BCUT2D eigenvalue weighted by Gasteiger charge is -2.09. The molecule has 0 saturated carbocycles. The highest BCUT2D eigenvalue weighted by Crippen LogP contribution is 2.14. The molecule has 25 heavy (non-hydrogen) atoms. The van der Waals surface area contributed by atoms with E-state index in [1.807, 2.05) is 36.7 Å². The van der Waals surface area contributed by atoms with Gasteiger partial charge in [0.25, 0.3) is 0 Å². The highest BCUT2D eigenvalue weighted by atomic mass is 16.5. The van der Waals surface area contributed by atoms with Crippen LogP contribution in [-0.4, -0.2) is 35.8 Å². The standard InChI is InChI=1S/C19H22N4O2/c1-25-11-10-20-19(24)21-12-15-6-8-16(9-7-15)13-23-14-22-17-4-2-3-5-18(17)23/h2-9,14H,10-13H2,1H3,(H2,20,21,24). The molecule has 3 rings (SSSR count). The smallest absolute Gasteiger partial charge is 0.315 e. The normalized spacial score (nSPS) is 10.8. The second-order valence-corrected chi connectivity index (χ2v) is 5.78. The van der Waals surface area contributed by atoms with Gasteiger partial charge in [-0.15, -0.1) is 0 Å².